The van der Waals surface area contributed by atoms with Crippen molar-refractivity contribution in [3.8, 4) is 0 Å². The first-order valence-electron chi connectivity index (χ1n) is 4.90. The average molecular weight is 196 g/mol. The minimum Gasteiger partial charge on any atom is -0.344 e. The van der Waals surface area contributed by atoms with Gasteiger partial charge in [-0.3, -0.25) is 0 Å². The number of hydrogen-bond donors (Lipinski definition) is 1. The molecule has 0 radical (unpaired) electrons. The van der Waals surface area contributed by atoms with E-state index in [1.807, 2.05) is 27.9 Å². The van der Waals surface area contributed by atoms with Crippen molar-refractivity contribution >= 4 is 5.95 Å². The summed E-state index contributed by atoms with van der Waals surface area (Å²) >= 11 is 0. The van der Waals surface area contributed by atoms with Crippen LogP contribution in [0.15, 0.2) is 0 Å². The smallest absolute Gasteiger partial charge is 0.205 e. The van der Waals surface area contributed by atoms with E-state index in [1.54, 1.807) is 0 Å². The summed E-state index contributed by atoms with van der Waals surface area (Å²) in [5.74, 6) is 0.984. The van der Waals surface area contributed by atoms with Gasteiger partial charge in [0.2, 0.25) is 5.95 Å². The average Bonchev–Trinajstić information content (AvgIpc) is 2.32. The SMILES string of the molecule is Cc1nc(N(C)CC(C)N)n(C)c1C. The van der Waals surface area contributed by atoms with Crippen molar-refractivity contribution in [2.75, 3.05) is 18.5 Å². The van der Waals surface area contributed by atoms with Crippen molar-refractivity contribution in [3.05, 3.63) is 11.4 Å². The van der Waals surface area contributed by atoms with Crippen molar-refractivity contribution < 1.29 is 0 Å². The topological polar surface area (TPSA) is 47.1 Å². The lowest BCUT2D eigenvalue weighted by atomic mass is 10.3. The van der Waals surface area contributed by atoms with Gasteiger partial charge < -0.3 is 15.2 Å². The number of anilines is 1. The Hall–Kier alpha value is -1.03. The summed E-state index contributed by atoms with van der Waals surface area (Å²) in [6, 6.07) is 0.164. The molecule has 4 nitrogen and oxygen atoms in total. The molecule has 0 fully saturated rings. The van der Waals surface area contributed by atoms with Crippen LogP contribution in [0.4, 0.5) is 5.95 Å². The zero-order chi connectivity index (χ0) is 10.9. The van der Waals surface area contributed by atoms with Crippen LogP contribution in [0.1, 0.15) is 18.3 Å². The zero-order valence-electron chi connectivity index (χ0n) is 9.70. The molecule has 80 valence electrons. The maximum Gasteiger partial charge on any atom is 0.205 e. The van der Waals surface area contributed by atoms with Gasteiger partial charge in [0.25, 0.3) is 0 Å². The highest BCUT2D eigenvalue weighted by Gasteiger charge is 2.12. The minimum absolute atomic E-state index is 0.164. The Morgan fingerprint density at radius 2 is 2.07 bits per heavy atom. The lowest BCUT2D eigenvalue weighted by molar-refractivity contribution is 0.690. The number of hydrogen-bond acceptors (Lipinski definition) is 3. The Balaban J connectivity index is 2.90. The van der Waals surface area contributed by atoms with Gasteiger partial charge in [-0.15, -0.1) is 0 Å². The van der Waals surface area contributed by atoms with Crippen molar-refractivity contribution in [1.82, 2.24) is 9.55 Å². The van der Waals surface area contributed by atoms with Gasteiger partial charge >= 0.3 is 0 Å². The first kappa shape index (κ1) is 11.0. The van der Waals surface area contributed by atoms with Crippen LogP contribution in [0.2, 0.25) is 0 Å². The van der Waals surface area contributed by atoms with E-state index in [-0.39, 0.29) is 6.04 Å². The van der Waals surface area contributed by atoms with Crippen LogP contribution in [-0.4, -0.2) is 29.2 Å². The third-order valence-corrected chi connectivity index (χ3v) is 2.50. The second-order valence-electron chi connectivity index (χ2n) is 4.00. The Kier molecular flexibility index (Phi) is 3.16. The molecule has 1 aromatic rings. The second-order valence-corrected chi connectivity index (χ2v) is 4.00. The molecule has 1 atom stereocenters. The van der Waals surface area contributed by atoms with Crippen LogP contribution in [0.3, 0.4) is 0 Å². The predicted octanol–water partition coefficient (Wildman–Crippen LogP) is 0.820. The predicted molar refractivity (Wildman–Crippen MR) is 59.6 cm³/mol. The van der Waals surface area contributed by atoms with Crippen molar-refractivity contribution in [3.63, 3.8) is 0 Å². The minimum atomic E-state index is 0.164. The highest BCUT2D eigenvalue weighted by atomic mass is 15.3. The number of nitrogens with zero attached hydrogens (tertiary/aromatic N) is 3. The molecule has 0 amide bonds. The monoisotopic (exact) mass is 196 g/mol. The Labute approximate surface area is 85.7 Å². The quantitative estimate of drug-likeness (QED) is 0.778. The molecule has 0 bridgehead atoms. The normalized spacial score (nSPS) is 13.0. The van der Waals surface area contributed by atoms with E-state index in [0.29, 0.717) is 0 Å². The lowest BCUT2D eigenvalue weighted by Crippen LogP contribution is -2.34. The Bertz CT molecular complexity index is 314. The van der Waals surface area contributed by atoms with Crippen LogP contribution in [0.5, 0.6) is 0 Å². The first-order valence-corrected chi connectivity index (χ1v) is 4.90. The highest BCUT2D eigenvalue weighted by Crippen LogP contribution is 2.15. The van der Waals surface area contributed by atoms with E-state index >= 15 is 0 Å². The van der Waals surface area contributed by atoms with Gasteiger partial charge in [0.15, 0.2) is 0 Å². The van der Waals surface area contributed by atoms with E-state index in [2.05, 4.69) is 21.4 Å². The van der Waals surface area contributed by atoms with Crippen LogP contribution in [0.25, 0.3) is 0 Å². The molecule has 4 heteroatoms. The summed E-state index contributed by atoms with van der Waals surface area (Å²) in [5, 5.41) is 0. The largest absolute Gasteiger partial charge is 0.344 e. The van der Waals surface area contributed by atoms with Crippen LogP contribution in [0, 0.1) is 13.8 Å². The fraction of sp³-hybridized carbons (Fsp3) is 0.700. The highest BCUT2D eigenvalue weighted by molar-refractivity contribution is 5.35. The Morgan fingerprint density at radius 1 is 1.50 bits per heavy atom. The van der Waals surface area contributed by atoms with Gasteiger partial charge in [0, 0.05) is 32.4 Å². The van der Waals surface area contributed by atoms with Crippen molar-refractivity contribution in [2.24, 2.45) is 12.8 Å². The summed E-state index contributed by atoms with van der Waals surface area (Å²) in [4.78, 5) is 6.58. The van der Waals surface area contributed by atoms with Gasteiger partial charge in [0.05, 0.1) is 5.69 Å². The standard InChI is InChI=1S/C10H20N4/c1-7(11)6-13(4)10-12-8(2)9(3)14(10)5/h7H,6,11H2,1-5H3. The summed E-state index contributed by atoms with van der Waals surface area (Å²) in [6.45, 7) is 6.92. The number of aromatic nitrogens is 2. The molecule has 0 spiro atoms. The molecular formula is C10H20N4. The molecule has 1 unspecified atom stereocenters. The number of rotatable bonds is 3. The van der Waals surface area contributed by atoms with E-state index in [4.69, 9.17) is 5.73 Å². The third-order valence-electron chi connectivity index (χ3n) is 2.50. The summed E-state index contributed by atoms with van der Waals surface area (Å²) in [6.07, 6.45) is 0. The molecular weight excluding hydrogens is 176 g/mol. The molecule has 0 saturated heterocycles. The summed E-state index contributed by atoms with van der Waals surface area (Å²) in [7, 11) is 4.05. The molecule has 1 heterocycles. The third kappa shape index (κ3) is 2.07. The van der Waals surface area contributed by atoms with Gasteiger partial charge in [0.1, 0.15) is 0 Å². The molecule has 0 aliphatic heterocycles. The first-order chi connectivity index (χ1) is 6.43. The molecule has 0 saturated carbocycles. The molecule has 2 N–H and O–H groups in total. The number of likely N-dealkylation sites (N-methyl/N-ethyl adjacent to an activating group) is 1. The van der Waals surface area contributed by atoms with E-state index in [1.165, 1.54) is 5.69 Å². The molecule has 0 aliphatic carbocycles. The molecule has 1 aromatic heterocycles. The van der Waals surface area contributed by atoms with Crippen molar-refractivity contribution in [2.45, 2.75) is 26.8 Å². The number of imidazole rings is 1. The molecule has 0 aromatic carbocycles. The maximum absolute atomic E-state index is 5.75. The second kappa shape index (κ2) is 4.00. The van der Waals surface area contributed by atoms with E-state index < -0.39 is 0 Å². The van der Waals surface area contributed by atoms with Gasteiger partial charge in [-0.25, -0.2) is 4.98 Å². The van der Waals surface area contributed by atoms with Gasteiger partial charge in [-0.05, 0) is 20.8 Å². The van der Waals surface area contributed by atoms with Crippen LogP contribution >= 0.6 is 0 Å². The summed E-state index contributed by atoms with van der Waals surface area (Å²) < 4.78 is 2.09. The summed E-state index contributed by atoms with van der Waals surface area (Å²) in [5.41, 5.74) is 8.03. The van der Waals surface area contributed by atoms with Crippen LogP contribution in [-0.2, 0) is 7.05 Å². The molecule has 14 heavy (non-hydrogen) atoms. The molecule has 0 aliphatic rings. The Morgan fingerprint density at radius 3 is 2.43 bits per heavy atom. The van der Waals surface area contributed by atoms with Gasteiger partial charge in [-0.1, -0.05) is 0 Å². The molecule has 1 rings (SSSR count). The van der Waals surface area contributed by atoms with E-state index in [0.717, 1.165) is 18.2 Å². The van der Waals surface area contributed by atoms with Gasteiger partial charge in [-0.2, -0.15) is 0 Å². The fourth-order valence-electron chi connectivity index (χ4n) is 1.55. The lowest BCUT2D eigenvalue weighted by Gasteiger charge is -2.20. The maximum atomic E-state index is 5.75. The fourth-order valence-corrected chi connectivity index (χ4v) is 1.55. The van der Waals surface area contributed by atoms with Crippen LogP contribution < -0.4 is 10.6 Å². The zero-order valence-corrected chi connectivity index (χ0v) is 9.70. The number of aryl methyl sites for hydroxylation is 1. The number of nitrogens with two attached hydrogens (primary N) is 1. The van der Waals surface area contributed by atoms with E-state index in [9.17, 15) is 0 Å². The van der Waals surface area contributed by atoms with Crippen molar-refractivity contribution in [1.29, 1.82) is 0 Å².